The first kappa shape index (κ1) is 12.5. The van der Waals surface area contributed by atoms with Crippen LogP contribution in [0.25, 0.3) is 0 Å². The topological polar surface area (TPSA) is 56.3 Å². The number of Topliss-reactive ketones (excluding diaryl/α,β-unsaturated/α-hetero) is 2. The first-order chi connectivity index (χ1) is 7.74. The number of rotatable bonds is 7. The number of aromatic nitrogens is 1. The third-order valence-corrected chi connectivity index (χ3v) is 2.20. The average Bonchev–Trinajstić information content (AvgIpc) is 2.34. The lowest BCUT2D eigenvalue weighted by Crippen LogP contribution is -2.07. The van der Waals surface area contributed by atoms with Crippen molar-refractivity contribution in [3.05, 3.63) is 30.1 Å². The molecule has 4 heteroatoms. The average molecular weight is 221 g/mol. The van der Waals surface area contributed by atoms with Crippen LogP contribution in [-0.2, 0) is 9.53 Å². The van der Waals surface area contributed by atoms with Gasteiger partial charge in [-0.05, 0) is 12.1 Å². The van der Waals surface area contributed by atoms with Crippen LogP contribution in [0.3, 0.4) is 0 Å². The van der Waals surface area contributed by atoms with Crippen LogP contribution in [0.5, 0.6) is 0 Å². The second kappa shape index (κ2) is 6.85. The minimum Gasteiger partial charge on any atom is -0.384 e. The summed E-state index contributed by atoms with van der Waals surface area (Å²) >= 11 is 0. The number of carbonyl (C=O) groups is 2. The van der Waals surface area contributed by atoms with Gasteiger partial charge in [-0.15, -0.1) is 0 Å². The summed E-state index contributed by atoms with van der Waals surface area (Å²) in [5, 5.41) is 0. The molecule has 1 aromatic heterocycles. The maximum atomic E-state index is 11.6. The third kappa shape index (κ3) is 4.31. The molecule has 0 saturated heterocycles. The lowest BCUT2D eigenvalue weighted by molar-refractivity contribution is -0.119. The molecule has 0 aliphatic heterocycles. The van der Waals surface area contributed by atoms with Gasteiger partial charge in [0.05, 0.1) is 6.61 Å². The van der Waals surface area contributed by atoms with Crippen molar-refractivity contribution in [1.82, 2.24) is 4.98 Å². The second-order valence-electron chi connectivity index (χ2n) is 3.45. The monoisotopic (exact) mass is 221 g/mol. The van der Waals surface area contributed by atoms with Crippen LogP contribution in [0.2, 0.25) is 0 Å². The van der Waals surface area contributed by atoms with Gasteiger partial charge in [0.1, 0.15) is 5.78 Å². The summed E-state index contributed by atoms with van der Waals surface area (Å²) in [5.74, 6) is 0.0120. The number of ketones is 2. The lowest BCUT2D eigenvalue weighted by Gasteiger charge is -2.00. The van der Waals surface area contributed by atoms with Gasteiger partial charge in [-0.25, -0.2) is 0 Å². The van der Waals surface area contributed by atoms with Crippen molar-refractivity contribution in [2.24, 2.45) is 0 Å². The standard InChI is InChI=1S/C12H15NO3/c1-16-8-6-11(14)4-5-12(15)10-3-2-7-13-9-10/h2-3,7,9H,4-6,8H2,1H3. The maximum absolute atomic E-state index is 11.6. The molecule has 0 aliphatic carbocycles. The fourth-order valence-electron chi connectivity index (χ4n) is 1.27. The van der Waals surface area contributed by atoms with Crippen molar-refractivity contribution in [3.8, 4) is 0 Å². The summed E-state index contributed by atoms with van der Waals surface area (Å²) in [6, 6.07) is 3.41. The van der Waals surface area contributed by atoms with Crippen molar-refractivity contribution < 1.29 is 14.3 Å². The van der Waals surface area contributed by atoms with Crippen molar-refractivity contribution in [2.75, 3.05) is 13.7 Å². The third-order valence-electron chi connectivity index (χ3n) is 2.20. The molecule has 0 fully saturated rings. The van der Waals surface area contributed by atoms with Crippen LogP contribution in [-0.4, -0.2) is 30.3 Å². The largest absolute Gasteiger partial charge is 0.384 e. The molecule has 4 nitrogen and oxygen atoms in total. The molecule has 0 unspecified atom stereocenters. The summed E-state index contributed by atoms with van der Waals surface area (Å²) in [6.45, 7) is 0.417. The summed E-state index contributed by atoms with van der Waals surface area (Å²) in [7, 11) is 1.55. The predicted octanol–water partition coefficient (Wildman–Crippen LogP) is 1.65. The summed E-state index contributed by atoms with van der Waals surface area (Å²) in [5.41, 5.74) is 0.557. The number of hydrogen-bond donors (Lipinski definition) is 0. The van der Waals surface area contributed by atoms with Gasteiger partial charge in [-0.2, -0.15) is 0 Å². The predicted molar refractivity (Wildman–Crippen MR) is 59.3 cm³/mol. The van der Waals surface area contributed by atoms with E-state index in [9.17, 15) is 9.59 Å². The molecule has 0 aliphatic rings. The minimum atomic E-state index is -0.0427. The normalized spacial score (nSPS) is 10.1. The first-order valence-electron chi connectivity index (χ1n) is 5.18. The molecule has 0 saturated carbocycles. The van der Waals surface area contributed by atoms with Gasteiger partial charge >= 0.3 is 0 Å². The highest BCUT2D eigenvalue weighted by Gasteiger charge is 2.08. The van der Waals surface area contributed by atoms with E-state index >= 15 is 0 Å². The van der Waals surface area contributed by atoms with E-state index in [2.05, 4.69) is 4.98 Å². The van der Waals surface area contributed by atoms with E-state index in [1.807, 2.05) is 0 Å². The molecule has 86 valence electrons. The fraction of sp³-hybridized carbons (Fsp3) is 0.417. The number of hydrogen-bond acceptors (Lipinski definition) is 4. The van der Waals surface area contributed by atoms with Gasteiger partial charge in [0.25, 0.3) is 0 Å². The van der Waals surface area contributed by atoms with Gasteiger partial charge in [0, 0.05) is 44.3 Å². The van der Waals surface area contributed by atoms with Gasteiger partial charge in [0.2, 0.25) is 0 Å². The van der Waals surface area contributed by atoms with Crippen LogP contribution < -0.4 is 0 Å². The van der Waals surface area contributed by atoms with Gasteiger partial charge < -0.3 is 4.74 Å². The lowest BCUT2D eigenvalue weighted by atomic mass is 10.1. The second-order valence-corrected chi connectivity index (χ2v) is 3.45. The quantitative estimate of drug-likeness (QED) is 0.657. The molecular formula is C12H15NO3. The molecule has 1 rings (SSSR count). The number of carbonyl (C=O) groups excluding carboxylic acids is 2. The number of methoxy groups -OCH3 is 1. The zero-order valence-electron chi connectivity index (χ0n) is 9.31. The Hall–Kier alpha value is -1.55. The maximum Gasteiger partial charge on any atom is 0.164 e. The van der Waals surface area contributed by atoms with Crippen molar-refractivity contribution >= 4 is 11.6 Å². The van der Waals surface area contributed by atoms with Gasteiger partial charge in [0.15, 0.2) is 5.78 Å². The molecular weight excluding hydrogens is 206 g/mol. The fourth-order valence-corrected chi connectivity index (χ4v) is 1.27. The molecule has 0 radical (unpaired) electrons. The highest BCUT2D eigenvalue weighted by atomic mass is 16.5. The van der Waals surface area contributed by atoms with E-state index in [1.54, 1.807) is 25.4 Å². The molecule has 0 spiro atoms. The Morgan fingerprint density at radius 1 is 1.31 bits per heavy atom. The van der Waals surface area contributed by atoms with Gasteiger partial charge in [-0.3, -0.25) is 14.6 Å². The molecule has 0 N–H and O–H groups in total. The molecule has 0 amide bonds. The van der Waals surface area contributed by atoms with Crippen LogP contribution in [0.4, 0.5) is 0 Å². The Bertz CT molecular complexity index is 349. The Kier molecular flexibility index (Phi) is 5.36. The molecule has 1 heterocycles. The Morgan fingerprint density at radius 2 is 2.12 bits per heavy atom. The first-order valence-corrected chi connectivity index (χ1v) is 5.18. The van der Waals surface area contributed by atoms with Gasteiger partial charge in [-0.1, -0.05) is 0 Å². The Balaban J connectivity index is 2.33. The smallest absolute Gasteiger partial charge is 0.164 e. The summed E-state index contributed by atoms with van der Waals surface area (Å²) in [6.07, 6.45) is 4.02. The number of pyridine rings is 1. The van der Waals surface area contributed by atoms with E-state index < -0.39 is 0 Å². The summed E-state index contributed by atoms with van der Waals surface area (Å²) < 4.78 is 4.79. The Labute approximate surface area is 94.6 Å². The van der Waals surface area contributed by atoms with E-state index in [1.165, 1.54) is 6.20 Å². The van der Waals surface area contributed by atoms with Crippen molar-refractivity contribution in [3.63, 3.8) is 0 Å². The van der Waals surface area contributed by atoms with Crippen molar-refractivity contribution in [2.45, 2.75) is 19.3 Å². The Morgan fingerprint density at radius 3 is 2.75 bits per heavy atom. The zero-order chi connectivity index (χ0) is 11.8. The number of nitrogens with zero attached hydrogens (tertiary/aromatic N) is 1. The SMILES string of the molecule is COCCC(=O)CCC(=O)c1cccnc1. The molecule has 0 aromatic carbocycles. The number of ether oxygens (including phenoxy) is 1. The highest BCUT2D eigenvalue weighted by molar-refractivity contribution is 5.97. The molecule has 16 heavy (non-hydrogen) atoms. The summed E-state index contributed by atoms with van der Waals surface area (Å²) in [4.78, 5) is 26.7. The highest BCUT2D eigenvalue weighted by Crippen LogP contribution is 2.05. The minimum absolute atomic E-state index is 0.0427. The van der Waals surface area contributed by atoms with Crippen LogP contribution in [0, 0.1) is 0 Å². The van der Waals surface area contributed by atoms with E-state index in [0.717, 1.165) is 0 Å². The zero-order valence-corrected chi connectivity index (χ0v) is 9.31. The van der Waals surface area contributed by atoms with E-state index in [4.69, 9.17) is 4.74 Å². The van der Waals surface area contributed by atoms with E-state index in [-0.39, 0.29) is 24.4 Å². The van der Waals surface area contributed by atoms with Crippen LogP contribution in [0.15, 0.2) is 24.5 Å². The molecule has 1 aromatic rings. The molecule has 0 atom stereocenters. The molecule has 0 bridgehead atoms. The van der Waals surface area contributed by atoms with Crippen LogP contribution in [0.1, 0.15) is 29.6 Å². The van der Waals surface area contributed by atoms with Crippen LogP contribution >= 0.6 is 0 Å². The van der Waals surface area contributed by atoms with Crippen molar-refractivity contribution in [1.29, 1.82) is 0 Å². The van der Waals surface area contributed by atoms with E-state index in [0.29, 0.717) is 18.6 Å².